The van der Waals surface area contributed by atoms with Crippen LogP contribution in [0.15, 0.2) is 36.4 Å². The normalized spacial score (nSPS) is 14.9. The fourth-order valence-electron chi connectivity index (χ4n) is 2.54. The zero-order valence-corrected chi connectivity index (χ0v) is 11.3. The number of aryl methyl sites for hydroxylation is 1. The van der Waals surface area contributed by atoms with Gasteiger partial charge in [-0.2, -0.15) is 0 Å². The molecule has 3 nitrogen and oxygen atoms in total. The Morgan fingerprint density at radius 2 is 1.89 bits per heavy atom. The first-order valence-electron chi connectivity index (χ1n) is 7.05. The molecule has 0 atom stereocenters. The minimum absolute atomic E-state index is 0.957. The lowest BCUT2D eigenvalue weighted by atomic mass is 10.1. The molecule has 0 radical (unpaired) electrons. The first-order valence-corrected chi connectivity index (χ1v) is 7.05. The fraction of sp³-hybridized carbons (Fsp3) is 0.375. The Morgan fingerprint density at radius 3 is 2.58 bits per heavy atom. The predicted molar refractivity (Wildman–Crippen MR) is 78.3 cm³/mol. The molecule has 1 aromatic carbocycles. The summed E-state index contributed by atoms with van der Waals surface area (Å²) in [6.45, 7) is 4.39. The lowest BCUT2D eigenvalue weighted by Gasteiger charge is -2.15. The molecule has 3 heteroatoms. The highest BCUT2D eigenvalue weighted by atomic mass is 15.3. The Labute approximate surface area is 114 Å². The van der Waals surface area contributed by atoms with Crippen molar-refractivity contribution in [2.75, 3.05) is 18.0 Å². The molecule has 0 unspecified atom stereocenters. The fourth-order valence-corrected chi connectivity index (χ4v) is 2.54. The SMILES string of the molecule is CCc1cccc(-c2ccc(N3CCCC3)nn2)c1. The van der Waals surface area contributed by atoms with Gasteiger partial charge in [0.15, 0.2) is 5.82 Å². The number of nitrogens with zero attached hydrogens (tertiary/aromatic N) is 3. The molecule has 1 fully saturated rings. The molecule has 2 heterocycles. The topological polar surface area (TPSA) is 29.0 Å². The van der Waals surface area contributed by atoms with Gasteiger partial charge >= 0.3 is 0 Å². The van der Waals surface area contributed by atoms with Crippen molar-refractivity contribution in [3.8, 4) is 11.3 Å². The minimum atomic E-state index is 0.957. The van der Waals surface area contributed by atoms with Crippen LogP contribution in [-0.4, -0.2) is 23.3 Å². The standard InChI is InChI=1S/C16H19N3/c1-2-13-6-5-7-14(12-13)15-8-9-16(18-17-15)19-10-3-4-11-19/h5-9,12H,2-4,10-11H2,1H3. The van der Waals surface area contributed by atoms with Gasteiger partial charge in [-0.3, -0.25) is 0 Å². The molecule has 1 aliphatic rings. The van der Waals surface area contributed by atoms with Crippen molar-refractivity contribution in [2.24, 2.45) is 0 Å². The summed E-state index contributed by atoms with van der Waals surface area (Å²) in [5.74, 6) is 1.01. The van der Waals surface area contributed by atoms with Gasteiger partial charge in [-0.05, 0) is 43.0 Å². The number of rotatable bonds is 3. The number of aromatic nitrogens is 2. The molecule has 1 saturated heterocycles. The molecule has 0 bridgehead atoms. The summed E-state index contributed by atoms with van der Waals surface area (Å²) in [6, 6.07) is 12.7. The van der Waals surface area contributed by atoms with E-state index in [-0.39, 0.29) is 0 Å². The molecular formula is C16H19N3. The largest absolute Gasteiger partial charge is 0.355 e. The van der Waals surface area contributed by atoms with Crippen molar-refractivity contribution in [2.45, 2.75) is 26.2 Å². The van der Waals surface area contributed by atoms with E-state index < -0.39 is 0 Å². The zero-order chi connectivity index (χ0) is 13.1. The quantitative estimate of drug-likeness (QED) is 0.840. The summed E-state index contributed by atoms with van der Waals surface area (Å²) in [7, 11) is 0. The van der Waals surface area contributed by atoms with E-state index in [1.54, 1.807) is 0 Å². The van der Waals surface area contributed by atoms with Crippen molar-refractivity contribution in [3.63, 3.8) is 0 Å². The van der Waals surface area contributed by atoms with Crippen molar-refractivity contribution >= 4 is 5.82 Å². The van der Waals surface area contributed by atoms with E-state index in [1.807, 2.05) is 0 Å². The van der Waals surface area contributed by atoms with Crippen LogP contribution in [0.3, 0.4) is 0 Å². The lowest BCUT2D eigenvalue weighted by molar-refractivity contribution is 0.896. The van der Waals surface area contributed by atoms with E-state index in [1.165, 1.54) is 18.4 Å². The van der Waals surface area contributed by atoms with Crippen LogP contribution in [0, 0.1) is 0 Å². The highest BCUT2D eigenvalue weighted by molar-refractivity contribution is 5.60. The highest BCUT2D eigenvalue weighted by Gasteiger charge is 2.13. The smallest absolute Gasteiger partial charge is 0.151 e. The maximum Gasteiger partial charge on any atom is 0.151 e. The molecule has 0 aliphatic carbocycles. The third kappa shape index (κ3) is 2.60. The van der Waals surface area contributed by atoms with Gasteiger partial charge in [-0.25, -0.2) is 0 Å². The summed E-state index contributed by atoms with van der Waals surface area (Å²) in [5.41, 5.74) is 3.45. The molecule has 0 spiro atoms. The van der Waals surface area contributed by atoms with Crippen LogP contribution in [0.5, 0.6) is 0 Å². The van der Waals surface area contributed by atoms with Crippen molar-refractivity contribution < 1.29 is 0 Å². The van der Waals surface area contributed by atoms with Gasteiger partial charge < -0.3 is 4.90 Å². The maximum atomic E-state index is 4.38. The second kappa shape index (κ2) is 5.39. The zero-order valence-electron chi connectivity index (χ0n) is 11.3. The Kier molecular flexibility index (Phi) is 3.45. The molecule has 0 saturated carbocycles. The van der Waals surface area contributed by atoms with Gasteiger partial charge in [0, 0.05) is 18.7 Å². The van der Waals surface area contributed by atoms with E-state index >= 15 is 0 Å². The van der Waals surface area contributed by atoms with Gasteiger partial charge in [0.25, 0.3) is 0 Å². The summed E-state index contributed by atoms with van der Waals surface area (Å²) >= 11 is 0. The molecule has 19 heavy (non-hydrogen) atoms. The van der Waals surface area contributed by atoms with Crippen LogP contribution in [0.1, 0.15) is 25.3 Å². The van der Waals surface area contributed by atoms with Gasteiger partial charge in [0.2, 0.25) is 0 Å². The second-order valence-corrected chi connectivity index (χ2v) is 5.02. The van der Waals surface area contributed by atoms with Gasteiger partial charge in [0.05, 0.1) is 5.69 Å². The first kappa shape index (κ1) is 12.2. The Balaban J connectivity index is 1.84. The second-order valence-electron chi connectivity index (χ2n) is 5.02. The van der Waals surface area contributed by atoms with E-state index in [9.17, 15) is 0 Å². The van der Waals surface area contributed by atoms with Gasteiger partial charge in [0.1, 0.15) is 0 Å². The first-order chi connectivity index (χ1) is 9.36. The molecule has 3 rings (SSSR count). The van der Waals surface area contributed by atoms with Crippen LogP contribution < -0.4 is 4.90 Å². The average Bonchev–Trinajstić information content (AvgIpc) is 3.02. The molecular weight excluding hydrogens is 234 g/mol. The van der Waals surface area contributed by atoms with Crippen LogP contribution >= 0.6 is 0 Å². The molecule has 98 valence electrons. The van der Waals surface area contributed by atoms with Gasteiger partial charge in [-0.15, -0.1) is 10.2 Å². The number of hydrogen-bond acceptors (Lipinski definition) is 3. The Bertz CT molecular complexity index is 542. The van der Waals surface area contributed by atoms with E-state index in [0.717, 1.165) is 36.6 Å². The molecule has 1 aromatic heterocycles. The lowest BCUT2D eigenvalue weighted by Crippen LogP contribution is -2.19. The monoisotopic (exact) mass is 253 g/mol. The average molecular weight is 253 g/mol. The predicted octanol–water partition coefficient (Wildman–Crippen LogP) is 3.31. The number of benzene rings is 1. The summed E-state index contributed by atoms with van der Waals surface area (Å²) in [5, 5.41) is 8.75. The van der Waals surface area contributed by atoms with E-state index in [4.69, 9.17) is 0 Å². The van der Waals surface area contributed by atoms with E-state index in [2.05, 4.69) is 58.4 Å². The highest BCUT2D eigenvalue weighted by Crippen LogP contribution is 2.21. The van der Waals surface area contributed by atoms with Crippen LogP contribution in [0.25, 0.3) is 11.3 Å². The molecule has 0 N–H and O–H groups in total. The number of anilines is 1. The van der Waals surface area contributed by atoms with Gasteiger partial charge in [-0.1, -0.05) is 25.1 Å². The Morgan fingerprint density at radius 1 is 1.05 bits per heavy atom. The van der Waals surface area contributed by atoms with Crippen LogP contribution in [0.4, 0.5) is 5.82 Å². The van der Waals surface area contributed by atoms with Crippen molar-refractivity contribution in [3.05, 3.63) is 42.0 Å². The third-order valence-corrected chi connectivity index (χ3v) is 3.71. The molecule has 2 aromatic rings. The summed E-state index contributed by atoms with van der Waals surface area (Å²) in [4.78, 5) is 2.30. The Hall–Kier alpha value is -1.90. The van der Waals surface area contributed by atoms with Crippen molar-refractivity contribution in [1.82, 2.24) is 10.2 Å². The number of hydrogen-bond donors (Lipinski definition) is 0. The maximum absolute atomic E-state index is 4.38. The van der Waals surface area contributed by atoms with Crippen LogP contribution in [0.2, 0.25) is 0 Å². The summed E-state index contributed by atoms with van der Waals surface area (Å²) in [6.07, 6.45) is 3.58. The molecule has 1 aliphatic heterocycles. The van der Waals surface area contributed by atoms with Crippen LogP contribution in [-0.2, 0) is 6.42 Å². The summed E-state index contributed by atoms with van der Waals surface area (Å²) < 4.78 is 0. The van der Waals surface area contributed by atoms with E-state index in [0.29, 0.717) is 0 Å². The molecule has 0 amide bonds. The third-order valence-electron chi connectivity index (χ3n) is 3.71. The van der Waals surface area contributed by atoms with Crippen molar-refractivity contribution in [1.29, 1.82) is 0 Å². The minimum Gasteiger partial charge on any atom is -0.355 e.